The number of rotatable bonds is 1. The van der Waals surface area contributed by atoms with E-state index in [-0.39, 0.29) is 6.42 Å². The molecule has 82 valence electrons. The molecule has 0 heterocycles. The van der Waals surface area contributed by atoms with Gasteiger partial charge in [0.2, 0.25) is 0 Å². The van der Waals surface area contributed by atoms with Crippen molar-refractivity contribution in [3.8, 4) is 0 Å². The van der Waals surface area contributed by atoms with Gasteiger partial charge in [-0.3, -0.25) is 0 Å². The van der Waals surface area contributed by atoms with Crippen molar-refractivity contribution in [2.24, 2.45) is 0 Å². The molecular weight excluding hydrogens is 198 g/mol. The topological polar surface area (TPSA) is 20.2 Å². The zero-order valence-electron chi connectivity index (χ0n) is 8.31. The lowest BCUT2D eigenvalue weighted by Crippen LogP contribution is -2.36. The van der Waals surface area contributed by atoms with E-state index in [2.05, 4.69) is 0 Å². The molecule has 0 aliphatic heterocycles. The quantitative estimate of drug-likeness (QED) is 0.758. The smallest absolute Gasteiger partial charge is 0.138 e. The second-order valence-corrected chi connectivity index (χ2v) is 4.10. The predicted octanol–water partition coefficient (Wildman–Crippen LogP) is 2.60. The molecular formula is C12H14F2O. The van der Waals surface area contributed by atoms with E-state index in [1.54, 1.807) is 24.3 Å². The number of aliphatic hydroxyl groups is 1. The van der Waals surface area contributed by atoms with E-state index < -0.39 is 24.4 Å². The second-order valence-electron chi connectivity index (χ2n) is 4.10. The minimum absolute atomic E-state index is 0.0789. The highest BCUT2D eigenvalue weighted by Crippen LogP contribution is 2.36. The zero-order valence-corrected chi connectivity index (χ0v) is 8.31. The van der Waals surface area contributed by atoms with Crippen LogP contribution in [0.2, 0.25) is 0 Å². The summed E-state index contributed by atoms with van der Waals surface area (Å²) in [4.78, 5) is 0. The summed E-state index contributed by atoms with van der Waals surface area (Å²) < 4.78 is 26.8. The summed E-state index contributed by atoms with van der Waals surface area (Å²) >= 11 is 0. The van der Waals surface area contributed by atoms with Crippen LogP contribution in [0.15, 0.2) is 30.3 Å². The fraction of sp³-hybridized carbons (Fsp3) is 0.500. The third-order valence-corrected chi connectivity index (χ3v) is 2.98. The van der Waals surface area contributed by atoms with E-state index in [4.69, 9.17) is 0 Å². The molecule has 1 N–H and O–H groups in total. The van der Waals surface area contributed by atoms with E-state index in [1.165, 1.54) is 0 Å². The molecule has 1 fully saturated rings. The van der Waals surface area contributed by atoms with Crippen molar-refractivity contribution < 1.29 is 13.9 Å². The lowest BCUT2D eigenvalue weighted by Gasteiger charge is -2.32. The fourth-order valence-electron chi connectivity index (χ4n) is 2.18. The highest BCUT2D eigenvalue weighted by atomic mass is 19.2. The minimum Gasteiger partial charge on any atom is -0.393 e. The number of benzene rings is 1. The van der Waals surface area contributed by atoms with Crippen molar-refractivity contribution in [1.29, 1.82) is 0 Å². The van der Waals surface area contributed by atoms with Gasteiger partial charge in [-0.25, -0.2) is 8.78 Å². The van der Waals surface area contributed by atoms with Crippen molar-refractivity contribution in [2.75, 3.05) is 0 Å². The van der Waals surface area contributed by atoms with E-state index in [9.17, 15) is 13.9 Å². The molecule has 1 aromatic carbocycles. The molecule has 1 nitrogen and oxygen atoms in total. The highest BCUT2D eigenvalue weighted by Gasteiger charge is 2.38. The van der Waals surface area contributed by atoms with Gasteiger partial charge in [0.05, 0.1) is 6.10 Å². The molecule has 0 saturated heterocycles. The average molecular weight is 212 g/mol. The Morgan fingerprint density at radius 1 is 1.07 bits per heavy atom. The molecule has 0 amide bonds. The summed E-state index contributed by atoms with van der Waals surface area (Å²) in [5.74, 6) is -0.509. The largest absolute Gasteiger partial charge is 0.393 e. The number of alkyl halides is 2. The van der Waals surface area contributed by atoms with Crippen LogP contribution < -0.4 is 0 Å². The summed E-state index contributed by atoms with van der Waals surface area (Å²) in [5.41, 5.74) is 0.770. The van der Waals surface area contributed by atoms with Crippen molar-refractivity contribution >= 4 is 0 Å². The summed E-state index contributed by atoms with van der Waals surface area (Å²) in [6.45, 7) is 0. The Bertz CT molecular complexity index is 315. The Kier molecular flexibility index (Phi) is 3.00. The van der Waals surface area contributed by atoms with E-state index in [0.717, 1.165) is 5.56 Å². The van der Waals surface area contributed by atoms with Gasteiger partial charge in [0.25, 0.3) is 0 Å². The van der Waals surface area contributed by atoms with Crippen LogP contribution in [0.25, 0.3) is 0 Å². The van der Waals surface area contributed by atoms with Gasteiger partial charge in [0, 0.05) is 12.3 Å². The SMILES string of the molecule is O[C@@H]1C[C@@H](F)[C@@H](F)[C@@H](c2ccccc2)C1. The second kappa shape index (κ2) is 4.27. The molecule has 2 rings (SSSR count). The normalized spacial score (nSPS) is 36.5. The van der Waals surface area contributed by atoms with Gasteiger partial charge in [0.1, 0.15) is 12.3 Å². The highest BCUT2D eigenvalue weighted by molar-refractivity contribution is 5.22. The van der Waals surface area contributed by atoms with E-state index in [1.807, 2.05) is 6.07 Å². The first kappa shape index (κ1) is 10.6. The van der Waals surface area contributed by atoms with Gasteiger partial charge in [-0.1, -0.05) is 30.3 Å². The first-order valence-electron chi connectivity index (χ1n) is 5.19. The van der Waals surface area contributed by atoms with Gasteiger partial charge in [0.15, 0.2) is 0 Å². The third-order valence-electron chi connectivity index (χ3n) is 2.98. The molecule has 1 aliphatic carbocycles. The fourth-order valence-corrected chi connectivity index (χ4v) is 2.18. The Labute approximate surface area is 87.7 Å². The number of hydrogen-bond acceptors (Lipinski definition) is 1. The molecule has 1 saturated carbocycles. The van der Waals surface area contributed by atoms with Crippen LogP contribution >= 0.6 is 0 Å². The van der Waals surface area contributed by atoms with Crippen LogP contribution in [-0.2, 0) is 0 Å². The Hall–Kier alpha value is -0.960. The number of aliphatic hydroxyl groups excluding tert-OH is 1. The molecule has 0 radical (unpaired) electrons. The first-order valence-corrected chi connectivity index (χ1v) is 5.19. The molecule has 0 spiro atoms. The maximum absolute atomic E-state index is 13.6. The molecule has 1 aromatic rings. The van der Waals surface area contributed by atoms with Crippen molar-refractivity contribution in [3.05, 3.63) is 35.9 Å². The predicted molar refractivity (Wildman–Crippen MR) is 54.2 cm³/mol. The van der Waals surface area contributed by atoms with Crippen LogP contribution in [-0.4, -0.2) is 23.6 Å². The molecule has 0 bridgehead atoms. The molecule has 15 heavy (non-hydrogen) atoms. The molecule has 1 aliphatic rings. The maximum Gasteiger partial charge on any atom is 0.138 e. The van der Waals surface area contributed by atoms with Crippen LogP contribution in [0.3, 0.4) is 0 Å². The van der Waals surface area contributed by atoms with Gasteiger partial charge in [-0.05, 0) is 12.0 Å². The van der Waals surface area contributed by atoms with E-state index in [0.29, 0.717) is 6.42 Å². The summed E-state index contributed by atoms with van der Waals surface area (Å²) in [6.07, 6.45) is -3.53. The van der Waals surface area contributed by atoms with Crippen LogP contribution in [0, 0.1) is 0 Å². The number of halogens is 2. The molecule has 0 unspecified atom stereocenters. The average Bonchev–Trinajstić information content (AvgIpc) is 2.24. The van der Waals surface area contributed by atoms with Crippen LogP contribution in [0.4, 0.5) is 8.78 Å². The van der Waals surface area contributed by atoms with E-state index >= 15 is 0 Å². The van der Waals surface area contributed by atoms with Crippen molar-refractivity contribution in [1.82, 2.24) is 0 Å². The maximum atomic E-state index is 13.6. The summed E-state index contributed by atoms with van der Waals surface area (Å²) in [6, 6.07) is 9.00. The standard InChI is InChI=1S/C12H14F2O/c13-11-7-9(15)6-10(12(11)14)8-4-2-1-3-5-8/h1-5,9-12,15H,6-7H2/t9-,10+,11+,12-/m0/s1. The third kappa shape index (κ3) is 2.17. The Morgan fingerprint density at radius 3 is 2.40 bits per heavy atom. The van der Waals surface area contributed by atoms with Gasteiger partial charge < -0.3 is 5.11 Å². The van der Waals surface area contributed by atoms with Gasteiger partial charge >= 0.3 is 0 Å². The molecule has 3 heteroatoms. The van der Waals surface area contributed by atoms with Gasteiger partial charge in [-0.15, -0.1) is 0 Å². The summed E-state index contributed by atoms with van der Waals surface area (Å²) in [7, 11) is 0. The molecule has 0 aromatic heterocycles. The molecule has 4 atom stereocenters. The van der Waals surface area contributed by atoms with Crippen LogP contribution in [0.5, 0.6) is 0 Å². The monoisotopic (exact) mass is 212 g/mol. The zero-order chi connectivity index (χ0) is 10.8. The minimum atomic E-state index is -1.54. The van der Waals surface area contributed by atoms with Gasteiger partial charge in [-0.2, -0.15) is 0 Å². The van der Waals surface area contributed by atoms with Crippen molar-refractivity contribution in [3.63, 3.8) is 0 Å². The Balaban J connectivity index is 2.20. The summed E-state index contributed by atoms with van der Waals surface area (Å²) in [5, 5.41) is 9.42. The van der Waals surface area contributed by atoms with Crippen molar-refractivity contribution in [2.45, 2.75) is 37.2 Å². The lowest BCUT2D eigenvalue weighted by molar-refractivity contribution is 0.0162. The Morgan fingerprint density at radius 2 is 1.73 bits per heavy atom. The lowest BCUT2D eigenvalue weighted by atomic mass is 9.80. The number of hydrogen-bond donors (Lipinski definition) is 1. The first-order chi connectivity index (χ1) is 7.18. The van der Waals surface area contributed by atoms with Crippen LogP contribution in [0.1, 0.15) is 24.3 Å².